The van der Waals surface area contributed by atoms with Crippen LogP contribution in [0.2, 0.25) is 0 Å². The lowest BCUT2D eigenvalue weighted by molar-refractivity contribution is -0.116. The van der Waals surface area contributed by atoms with Crippen LogP contribution in [0.25, 0.3) is 17.0 Å². The predicted octanol–water partition coefficient (Wildman–Crippen LogP) is 4.87. The summed E-state index contributed by atoms with van der Waals surface area (Å²) >= 11 is 0. The topological polar surface area (TPSA) is 141 Å². The normalized spacial score (nSPS) is 14.0. The Balaban J connectivity index is 1.45. The van der Waals surface area contributed by atoms with E-state index in [1.165, 1.54) is 17.1 Å². The predicted molar refractivity (Wildman–Crippen MR) is 151 cm³/mol. The number of fused-ring (bicyclic) bond motifs is 1. The van der Waals surface area contributed by atoms with E-state index in [2.05, 4.69) is 10.4 Å². The highest BCUT2D eigenvalue weighted by Gasteiger charge is 2.30. The number of nitrogens with zero attached hydrogens (tertiary/aromatic N) is 3. The first kappa shape index (κ1) is 26.1. The van der Waals surface area contributed by atoms with Gasteiger partial charge in [-0.1, -0.05) is 43.3 Å². The fraction of sp³-hybridized carbons (Fsp3) is 0.100. The molecule has 0 atom stereocenters. The fourth-order valence-electron chi connectivity index (χ4n) is 4.59. The highest BCUT2D eigenvalue weighted by Crippen LogP contribution is 2.29. The maximum atomic E-state index is 13.3. The largest absolute Gasteiger partial charge is 0.478 e. The number of carbonyl (C=O) groups excluding carboxylic acids is 2. The van der Waals surface area contributed by atoms with E-state index in [1.807, 2.05) is 61.5 Å². The molecule has 2 heterocycles. The number of anilines is 2. The van der Waals surface area contributed by atoms with Crippen LogP contribution in [-0.2, 0) is 16.1 Å². The number of nitrogens with one attached hydrogen (secondary N) is 1. The lowest BCUT2D eigenvalue weighted by Crippen LogP contribution is -2.21. The number of hydrogen-bond donors (Lipinski definition) is 3. The molecule has 0 unspecified atom stereocenters. The molecule has 1 aromatic heterocycles. The molecule has 0 aliphatic carbocycles. The van der Waals surface area contributed by atoms with Crippen molar-refractivity contribution >= 4 is 57.8 Å². The Labute approximate surface area is 228 Å². The minimum absolute atomic E-state index is 0.0578. The Morgan fingerprint density at radius 3 is 2.23 bits per heavy atom. The maximum Gasteiger partial charge on any atom is 0.335 e. The van der Waals surface area contributed by atoms with Crippen molar-refractivity contribution in [2.45, 2.75) is 19.9 Å². The summed E-state index contributed by atoms with van der Waals surface area (Å²) in [7, 11) is 0. The van der Waals surface area contributed by atoms with E-state index in [-0.39, 0.29) is 29.3 Å². The summed E-state index contributed by atoms with van der Waals surface area (Å²) in [6.45, 7) is 1.79. The Morgan fingerprint density at radius 1 is 0.925 bits per heavy atom. The van der Waals surface area contributed by atoms with Crippen LogP contribution < -0.4 is 10.3 Å². The van der Waals surface area contributed by atoms with Crippen molar-refractivity contribution in [3.05, 3.63) is 101 Å². The van der Waals surface area contributed by atoms with Gasteiger partial charge in [-0.15, -0.1) is 0 Å². The SMILES string of the molecule is CCC1=NN(c2ccccc2)C(=O)/C1=C\c1cn(CC(=O)Nc2cc(C(=O)O)cc(C(=O)O)c2)c2ccccc12. The van der Waals surface area contributed by atoms with Crippen LogP contribution in [0.5, 0.6) is 0 Å². The molecule has 10 heteroatoms. The number of aromatic carboxylic acids is 2. The summed E-state index contributed by atoms with van der Waals surface area (Å²) in [5.74, 6) is -3.35. The Hall–Kier alpha value is -5.51. The smallest absolute Gasteiger partial charge is 0.335 e. The molecule has 0 saturated heterocycles. The van der Waals surface area contributed by atoms with Gasteiger partial charge in [-0.05, 0) is 48.9 Å². The summed E-state index contributed by atoms with van der Waals surface area (Å²) in [4.78, 5) is 49.1. The molecule has 5 rings (SSSR count). The van der Waals surface area contributed by atoms with Crippen LogP contribution in [0.15, 0.2) is 89.7 Å². The number of aromatic nitrogens is 1. The molecule has 200 valence electrons. The number of para-hydroxylation sites is 2. The quantitative estimate of drug-likeness (QED) is 0.274. The minimum Gasteiger partial charge on any atom is -0.478 e. The summed E-state index contributed by atoms with van der Waals surface area (Å²) in [6.07, 6.45) is 4.09. The van der Waals surface area contributed by atoms with Crippen molar-refractivity contribution in [3.8, 4) is 0 Å². The molecule has 2 amide bonds. The van der Waals surface area contributed by atoms with Gasteiger partial charge in [0.1, 0.15) is 6.54 Å². The van der Waals surface area contributed by atoms with Crippen molar-refractivity contribution in [1.29, 1.82) is 0 Å². The van der Waals surface area contributed by atoms with E-state index in [0.717, 1.165) is 22.5 Å². The molecule has 0 bridgehead atoms. The number of carboxylic acid groups (broad SMARTS) is 2. The van der Waals surface area contributed by atoms with E-state index in [4.69, 9.17) is 0 Å². The highest BCUT2D eigenvalue weighted by molar-refractivity contribution is 6.33. The van der Waals surface area contributed by atoms with Crippen LogP contribution in [0, 0.1) is 0 Å². The van der Waals surface area contributed by atoms with Gasteiger partial charge in [0.05, 0.1) is 28.1 Å². The lowest BCUT2D eigenvalue weighted by Gasteiger charge is -2.10. The molecule has 0 spiro atoms. The van der Waals surface area contributed by atoms with Gasteiger partial charge in [0, 0.05) is 28.4 Å². The molecule has 10 nitrogen and oxygen atoms in total. The molecule has 0 radical (unpaired) electrons. The highest BCUT2D eigenvalue weighted by atomic mass is 16.4. The first-order valence-electron chi connectivity index (χ1n) is 12.4. The second-order valence-corrected chi connectivity index (χ2v) is 9.10. The van der Waals surface area contributed by atoms with Gasteiger partial charge >= 0.3 is 11.9 Å². The number of carbonyl (C=O) groups is 4. The zero-order valence-corrected chi connectivity index (χ0v) is 21.4. The van der Waals surface area contributed by atoms with Gasteiger partial charge < -0.3 is 20.1 Å². The summed E-state index contributed by atoms with van der Waals surface area (Å²) < 4.78 is 1.72. The second kappa shape index (κ2) is 10.7. The molecule has 1 aliphatic rings. The number of carboxylic acids is 2. The first-order chi connectivity index (χ1) is 19.2. The second-order valence-electron chi connectivity index (χ2n) is 9.10. The Kier molecular flexibility index (Phi) is 6.98. The molecule has 0 saturated carbocycles. The average Bonchev–Trinajstić information content (AvgIpc) is 3.45. The van der Waals surface area contributed by atoms with Gasteiger partial charge in [0.15, 0.2) is 0 Å². The van der Waals surface area contributed by atoms with E-state index < -0.39 is 17.8 Å². The first-order valence-corrected chi connectivity index (χ1v) is 12.4. The average molecular weight is 537 g/mol. The molecule has 3 aromatic carbocycles. The van der Waals surface area contributed by atoms with Gasteiger partial charge in [-0.2, -0.15) is 10.1 Å². The molecule has 1 aliphatic heterocycles. The number of hydrogen-bond acceptors (Lipinski definition) is 5. The van der Waals surface area contributed by atoms with Crippen molar-refractivity contribution in [1.82, 2.24) is 4.57 Å². The van der Waals surface area contributed by atoms with Gasteiger partial charge in [-0.25, -0.2) is 9.59 Å². The van der Waals surface area contributed by atoms with E-state index in [0.29, 0.717) is 23.4 Å². The Bertz CT molecular complexity index is 1700. The third-order valence-electron chi connectivity index (χ3n) is 6.43. The standard InChI is InChI=1S/C30H24N4O6/c1-2-25-24(28(36)34(32-25)22-8-4-3-5-9-22)15-20-16-33(26-11-7-6-10-23(20)26)17-27(35)31-21-13-18(29(37)38)12-19(14-21)30(39)40/h3-16H,2,17H2,1H3,(H,31,35)(H,37,38)(H,39,40)/b24-15-. The summed E-state index contributed by atoms with van der Waals surface area (Å²) in [5.41, 5.74) is 2.80. The number of benzene rings is 3. The van der Waals surface area contributed by atoms with Crippen LogP contribution in [0.1, 0.15) is 39.6 Å². The third-order valence-corrected chi connectivity index (χ3v) is 6.43. The molecule has 4 aromatic rings. The molecular weight excluding hydrogens is 512 g/mol. The number of rotatable bonds is 8. The molecule has 0 fully saturated rings. The fourth-order valence-corrected chi connectivity index (χ4v) is 4.59. The van der Waals surface area contributed by atoms with Gasteiger partial charge in [0.25, 0.3) is 5.91 Å². The number of amides is 2. The third kappa shape index (κ3) is 5.10. The van der Waals surface area contributed by atoms with E-state index in [9.17, 15) is 29.4 Å². The van der Waals surface area contributed by atoms with Gasteiger partial charge in [-0.3, -0.25) is 9.59 Å². The van der Waals surface area contributed by atoms with Crippen LogP contribution in [0.4, 0.5) is 11.4 Å². The molecular formula is C30H24N4O6. The molecule has 3 N–H and O–H groups in total. The zero-order valence-electron chi connectivity index (χ0n) is 21.4. The van der Waals surface area contributed by atoms with Crippen molar-refractivity contribution in [3.63, 3.8) is 0 Å². The maximum absolute atomic E-state index is 13.3. The van der Waals surface area contributed by atoms with Crippen LogP contribution in [0.3, 0.4) is 0 Å². The van der Waals surface area contributed by atoms with E-state index in [1.54, 1.807) is 16.8 Å². The summed E-state index contributed by atoms with van der Waals surface area (Å²) in [6, 6.07) is 20.0. The zero-order chi connectivity index (χ0) is 28.4. The number of hydrazone groups is 1. The van der Waals surface area contributed by atoms with Crippen molar-refractivity contribution < 1.29 is 29.4 Å². The van der Waals surface area contributed by atoms with Crippen molar-refractivity contribution in [2.75, 3.05) is 10.3 Å². The lowest BCUT2D eigenvalue weighted by atomic mass is 10.0. The molecule has 40 heavy (non-hydrogen) atoms. The van der Waals surface area contributed by atoms with Crippen molar-refractivity contribution in [2.24, 2.45) is 5.10 Å². The van der Waals surface area contributed by atoms with E-state index >= 15 is 0 Å². The van der Waals surface area contributed by atoms with Gasteiger partial charge in [0.2, 0.25) is 5.91 Å². The monoisotopic (exact) mass is 536 g/mol. The Morgan fingerprint density at radius 2 is 1.57 bits per heavy atom. The van der Waals surface area contributed by atoms with Crippen LogP contribution in [-0.4, -0.2) is 44.2 Å². The summed E-state index contributed by atoms with van der Waals surface area (Å²) in [5, 5.41) is 28.0. The minimum atomic E-state index is -1.31. The van der Waals surface area contributed by atoms with Crippen LogP contribution >= 0.6 is 0 Å².